The quantitative estimate of drug-likeness (QED) is 0.0281. The number of hydrogen-bond donors (Lipinski definition) is 3. The number of ether oxygens (including phenoxy) is 9. The number of phenols is 2. The Morgan fingerprint density at radius 1 is 0.464 bits per heavy atom. The van der Waals surface area contributed by atoms with E-state index >= 15 is 0 Å². The smallest absolute Gasteiger partial charge is 0.508 e. The van der Waals surface area contributed by atoms with E-state index in [0.29, 0.717) is 31.1 Å². The minimum absolute atomic E-state index is 0.0399. The molecular weight excluding hydrogens is 1070 g/mol. The van der Waals surface area contributed by atoms with E-state index in [1.165, 1.54) is 0 Å². The van der Waals surface area contributed by atoms with Crippen molar-refractivity contribution in [2.75, 3.05) is 34.0 Å². The van der Waals surface area contributed by atoms with Crippen LogP contribution in [0, 0.1) is 0 Å². The number of carboxylic acid groups (broad SMARTS) is 1. The monoisotopic (exact) mass is 1160 g/mol. The van der Waals surface area contributed by atoms with Gasteiger partial charge in [-0.15, -0.1) is 0 Å². The lowest BCUT2D eigenvalue weighted by Gasteiger charge is -2.31. The maximum atomic E-state index is 12.6. The Morgan fingerprint density at radius 3 is 1.14 bits per heavy atom. The van der Waals surface area contributed by atoms with E-state index in [-0.39, 0.29) is 35.7 Å². The molecule has 2 atom stereocenters. The van der Waals surface area contributed by atoms with Crippen molar-refractivity contribution < 1.29 is 77.1 Å². The molecular formula is C68H88O16. The van der Waals surface area contributed by atoms with Crippen LogP contribution < -0.4 is 18.9 Å². The Morgan fingerprint density at radius 2 is 0.810 bits per heavy atom. The first-order valence-electron chi connectivity index (χ1n) is 27.9. The number of aromatic hydroxyl groups is 2. The molecule has 16 heteroatoms. The predicted octanol–water partition coefficient (Wildman–Crippen LogP) is 15.3. The number of carboxylic acids is 1. The van der Waals surface area contributed by atoms with E-state index in [1.807, 2.05) is 107 Å². The number of aliphatic carboxylic acids is 1. The van der Waals surface area contributed by atoms with E-state index < -0.39 is 46.6 Å². The van der Waals surface area contributed by atoms with Gasteiger partial charge in [0.2, 0.25) is 0 Å². The van der Waals surface area contributed by atoms with Gasteiger partial charge in [0.05, 0.1) is 20.1 Å². The van der Waals surface area contributed by atoms with Crippen LogP contribution in [0.3, 0.4) is 0 Å². The summed E-state index contributed by atoms with van der Waals surface area (Å²) in [7, 11) is 3.31. The molecule has 456 valence electrons. The van der Waals surface area contributed by atoms with E-state index in [2.05, 4.69) is 18.6 Å². The summed E-state index contributed by atoms with van der Waals surface area (Å²) in [6.45, 7) is 28.3. The fraction of sp³-hybridized carbons (Fsp3) is 0.412. The first kappa shape index (κ1) is 70.2. The van der Waals surface area contributed by atoms with Gasteiger partial charge in [-0.05, 0) is 182 Å². The van der Waals surface area contributed by atoms with Gasteiger partial charge in [0.25, 0.3) is 0 Å². The molecule has 3 N–H and O–H groups in total. The van der Waals surface area contributed by atoms with Crippen LogP contribution >= 0.6 is 0 Å². The molecule has 0 heterocycles. The molecule has 2 unspecified atom stereocenters. The van der Waals surface area contributed by atoms with Gasteiger partial charge in [-0.3, -0.25) is 9.59 Å². The number of phenolic OH excluding ortho intramolecular Hbond substituents is 2. The minimum atomic E-state index is -0.848. The Kier molecular flexibility index (Phi) is 27.3. The zero-order valence-electron chi connectivity index (χ0n) is 51.8. The highest BCUT2D eigenvalue weighted by atomic mass is 16.7. The molecule has 0 spiro atoms. The lowest BCUT2D eigenvalue weighted by molar-refractivity contribution is -0.174. The maximum Gasteiger partial charge on any atom is 0.514 e. The molecule has 0 aliphatic rings. The number of rotatable bonds is 20. The molecule has 0 saturated heterocycles. The molecule has 0 amide bonds. The van der Waals surface area contributed by atoms with Crippen molar-refractivity contribution in [3.63, 3.8) is 0 Å². The van der Waals surface area contributed by atoms with Crippen molar-refractivity contribution in [3.8, 4) is 34.5 Å². The lowest BCUT2D eigenvalue weighted by atomic mass is 9.73. The number of hydrogen-bond acceptors (Lipinski definition) is 15. The topological polar surface area (TPSA) is 212 Å². The number of esters is 1. The van der Waals surface area contributed by atoms with Crippen LogP contribution in [0.4, 0.5) is 9.59 Å². The van der Waals surface area contributed by atoms with Gasteiger partial charge in [0.1, 0.15) is 45.7 Å². The Hall–Kier alpha value is -8.08. The minimum Gasteiger partial charge on any atom is -0.508 e. The molecule has 0 saturated carbocycles. The number of carbonyl (C=O) groups excluding carboxylic acids is 3. The second kappa shape index (κ2) is 32.7. The van der Waals surface area contributed by atoms with Gasteiger partial charge in [-0.2, -0.15) is 0 Å². The second-order valence-corrected chi connectivity index (χ2v) is 22.4. The van der Waals surface area contributed by atoms with Gasteiger partial charge in [-0.25, -0.2) is 9.59 Å². The summed E-state index contributed by atoms with van der Waals surface area (Å²) in [4.78, 5) is 47.2. The molecule has 6 aromatic carbocycles. The van der Waals surface area contributed by atoms with Crippen molar-refractivity contribution in [2.45, 2.75) is 150 Å². The summed E-state index contributed by atoms with van der Waals surface area (Å²) in [6.07, 6.45) is -1.39. The standard InChI is InChI=1S/C25H32O6.C23H30O5.C17H18O4.C3H8O/c1-23(2,3)30-21(26)28-19-13-9-17(10-14-19)25(7,8)18-11-15-20(16-12-18)29-22(27)31-24(4,5)6;1-6-26-17(3)28-22(24)16-23(4,18-8-12-20(25-5)13-9-18)19-10-14-21(15-11-19)27-7-2;1-17(11-10-16(20)21,12-2-6-14(18)7-3-12)13-4-8-15(19)9-5-13;1-3-4-2/h9-16H,1-8H3;8-15,17H,6-7,16H2,1-5H3;2-9,18-19H,10-11H2,1H3,(H,20,21);3H2,1-2H3. The first-order valence-corrected chi connectivity index (χ1v) is 27.9. The fourth-order valence-corrected chi connectivity index (χ4v) is 8.45. The first-order chi connectivity index (χ1) is 39.4. The summed E-state index contributed by atoms with van der Waals surface area (Å²) in [6, 6.07) is 43.7. The van der Waals surface area contributed by atoms with Crippen LogP contribution in [0.25, 0.3) is 0 Å². The highest BCUT2D eigenvalue weighted by Crippen LogP contribution is 2.40. The zero-order chi connectivity index (χ0) is 62.9. The van der Waals surface area contributed by atoms with E-state index in [1.54, 1.807) is 135 Å². The van der Waals surface area contributed by atoms with E-state index in [0.717, 1.165) is 51.5 Å². The summed E-state index contributed by atoms with van der Waals surface area (Å²) in [5.41, 5.74) is 3.29. The molecule has 0 aliphatic carbocycles. The van der Waals surface area contributed by atoms with E-state index in [9.17, 15) is 29.4 Å². The Balaban J connectivity index is 0.000000324. The van der Waals surface area contributed by atoms with Gasteiger partial charge in [0.15, 0.2) is 6.29 Å². The van der Waals surface area contributed by atoms with E-state index in [4.69, 9.17) is 43.0 Å². The van der Waals surface area contributed by atoms with Gasteiger partial charge in [0, 0.05) is 43.0 Å². The average Bonchev–Trinajstić information content (AvgIpc) is 1.70. The highest BCUT2D eigenvalue weighted by molar-refractivity contribution is 5.73. The molecule has 0 aliphatic heterocycles. The van der Waals surface area contributed by atoms with Gasteiger partial charge >= 0.3 is 24.2 Å². The SMILES string of the molecule is CC(C)(C)OC(=O)Oc1ccc(C(C)(C)c2ccc(OC(=O)OC(C)(C)C)cc2)cc1.CC(CCC(=O)O)(c1ccc(O)cc1)c1ccc(O)cc1.CCOC.CCOc1ccc(C(C)(CC(=O)OC(C)OCC)c2ccc(OC)cc2)cc1. The summed E-state index contributed by atoms with van der Waals surface area (Å²) in [5, 5.41) is 27.8. The molecule has 0 aromatic heterocycles. The molecule has 16 nitrogen and oxygen atoms in total. The maximum absolute atomic E-state index is 12.6. The van der Waals surface area contributed by atoms with Crippen molar-refractivity contribution in [2.24, 2.45) is 0 Å². The normalized spacial score (nSPS) is 12.3. The molecule has 0 radical (unpaired) electrons. The van der Waals surface area contributed by atoms with Crippen LogP contribution in [-0.4, -0.2) is 91.1 Å². The summed E-state index contributed by atoms with van der Waals surface area (Å²) in [5.74, 6) is 1.58. The lowest BCUT2D eigenvalue weighted by Crippen LogP contribution is -2.30. The summed E-state index contributed by atoms with van der Waals surface area (Å²) < 4.78 is 46.9. The third-order valence-corrected chi connectivity index (χ3v) is 13.2. The Bertz CT molecular complexity index is 2800. The van der Waals surface area contributed by atoms with Crippen molar-refractivity contribution in [1.29, 1.82) is 0 Å². The van der Waals surface area contributed by atoms with Crippen molar-refractivity contribution >= 4 is 24.2 Å². The van der Waals surface area contributed by atoms with Crippen molar-refractivity contribution in [1.82, 2.24) is 0 Å². The fourth-order valence-electron chi connectivity index (χ4n) is 8.45. The highest BCUT2D eigenvalue weighted by Gasteiger charge is 2.34. The van der Waals surface area contributed by atoms with Gasteiger partial charge < -0.3 is 58.0 Å². The molecule has 0 bridgehead atoms. The third kappa shape index (κ3) is 23.3. The van der Waals surface area contributed by atoms with Crippen LogP contribution in [0.5, 0.6) is 34.5 Å². The molecule has 6 aromatic rings. The summed E-state index contributed by atoms with van der Waals surface area (Å²) >= 11 is 0. The van der Waals surface area contributed by atoms with Crippen LogP contribution in [0.2, 0.25) is 0 Å². The second-order valence-electron chi connectivity index (χ2n) is 22.4. The predicted molar refractivity (Wildman–Crippen MR) is 325 cm³/mol. The number of carbonyl (C=O) groups is 4. The van der Waals surface area contributed by atoms with Crippen LogP contribution in [0.1, 0.15) is 150 Å². The molecule has 6 rings (SSSR count). The zero-order valence-corrected chi connectivity index (χ0v) is 51.8. The Labute approximate surface area is 496 Å². The molecule has 0 fully saturated rings. The van der Waals surface area contributed by atoms with Crippen molar-refractivity contribution in [3.05, 3.63) is 179 Å². The molecule has 84 heavy (non-hydrogen) atoms. The average molecular weight is 1160 g/mol. The number of methoxy groups -OCH3 is 2. The third-order valence-electron chi connectivity index (χ3n) is 13.2. The van der Waals surface area contributed by atoms with Gasteiger partial charge in [-0.1, -0.05) is 100 Å². The number of benzene rings is 6. The largest absolute Gasteiger partial charge is 0.514 e. The van der Waals surface area contributed by atoms with Crippen LogP contribution in [-0.2, 0) is 49.5 Å². The van der Waals surface area contributed by atoms with Crippen LogP contribution in [0.15, 0.2) is 146 Å².